The van der Waals surface area contributed by atoms with Gasteiger partial charge in [0.05, 0.1) is 25.5 Å². The Labute approximate surface area is 189 Å². The zero-order valence-electron chi connectivity index (χ0n) is 16.8. The van der Waals surface area contributed by atoms with Crippen molar-refractivity contribution in [1.82, 2.24) is 15.2 Å². The van der Waals surface area contributed by atoms with Gasteiger partial charge in [0.15, 0.2) is 11.5 Å². The van der Waals surface area contributed by atoms with E-state index in [9.17, 15) is 13.2 Å². The Morgan fingerprint density at radius 2 is 1.69 bits per heavy atom. The minimum atomic E-state index is -4.36. The van der Waals surface area contributed by atoms with Crippen LogP contribution in [0.4, 0.5) is 13.2 Å². The van der Waals surface area contributed by atoms with E-state index in [4.69, 9.17) is 13.9 Å². The Bertz CT molecular complexity index is 1210. The number of thioether (sulfide) groups is 1. The Morgan fingerprint density at radius 3 is 2.38 bits per heavy atom. The third-order valence-electron chi connectivity index (χ3n) is 4.39. The van der Waals surface area contributed by atoms with Crippen LogP contribution < -0.4 is 9.47 Å². The summed E-state index contributed by atoms with van der Waals surface area (Å²) in [6.07, 6.45) is -4.36. The first-order chi connectivity index (χ1) is 15.4. The number of thiazole rings is 1. The highest BCUT2D eigenvalue weighted by Crippen LogP contribution is 2.34. The number of rotatable bonds is 7. The summed E-state index contributed by atoms with van der Waals surface area (Å²) < 4.78 is 54.4. The summed E-state index contributed by atoms with van der Waals surface area (Å²) in [7, 11) is 3.10. The van der Waals surface area contributed by atoms with Crippen molar-refractivity contribution in [2.24, 2.45) is 0 Å². The molecule has 2 heterocycles. The van der Waals surface area contributed by atoms with Gasteiger partial charge in [-0.1, -0.05) is 23.9 Å². The minimum Gasteiger partial charge on any atom is -0.493 e. The van der Waals surface area contributed by atoms with Gasteiger partial charge < -0.3 is 13.9 Å². The quantitative estimate of drug-likeness (QED) is 0.293. The Morgan fingerprint density at radius 1 is 0.969 bits per heavy atom. The fourth-order valence-electron chi connectivity index (χ4n) is 2.80. The van der Waals surface area contributed by atoms with Crippen LogP contribution in [0.3, 0.4) is 0 Å². The Hall–Kier alpha value is -3.05. The molecule has 11 heteroatoms. The zero-order chi connectivity index (χ0) is 22.7. The van der Waals surface area contributed by atoms with Gasteiger partial charge in [-0.25, -0.2) is 4.98 Å². The second-order valence-electron chi connectivity index (χ2n) is 6.45. The molecule has 0 radical (unpaired) electrons. The molecule has 0 saturated carbocycles. The maximum atomic E-state index is 12.7. The molecule has 0 aliphatic heterocycles. The number of nitrogens with zero attached hydrogens (tertiary/aromatic N) is 3. The molecule has 166 valence electrons. The molecule has 6 nitrogen and oxygen atoms in total. The Kier molecular flexibility index (Phi) is 6.38. The van der Waals surface area contributed by atoms with E-state index in [1.165, 1.54) is 35.2 Å². The zero-order valence-corrected chi connectivity index (χ0v) is 18.5. The van der Waals surface area contributed by atoms with Crippen LogP contribution in [0.15, 0.2) is 57.5 Å². The minimum absolute atomic E-state index is 0.345. The van der Waals surface area contributed by atoms with Crippen molar-refractivity contribution >= 4 is 23.1 Å². The van der Waals surface area contributed by atoms with Gasteiger partial charge in [0.25, 0.3) is 5.22 Å². The first-order valence-electron chi connectivity index (χ1n) is 9.18. The molecule has 32 heavy (non-hydrogen) atoms. The van der Waals surface area contributed by atoms with Gasteiger partial charge in [-0.15, -0.1) is 21.5 Å². The summed E-state index contributed by atoms with van der Waals surface area (Å²) >= 11 is 2.68. The monoisotopic (exact) mass is 479 g/mol. The lowest BCUT2D eigenvalue weighted by Crippen LogP contribution is -2.03. The average Bonchev–Trinajstić information content (AvgIpc) is 3.46. The molecule has 0 atom stereocenters. The van der Waals surface area contributed by atoms with Crippen LogP contribution in [0.5, 0.6) is 11.5 Å². The van der Waals surface area contributed by atoms with E-state index in [0.29, 0.717) is 44.5 Å². The molecule has 0 aliphatic rings. The number of methoxy groups -OCH3 is 2. The second kappa shape index (κ2) is 9.21. The van der Waals surface area contributed by atoms with Gasteiger partial charge >= 0.3 is 6.18 Å². The molecule has 4 rings (SSSR count). The summed E-state index contributed by atoms with van der Waals surface area (Å²) in [5.74, 6) is 1.97. The molecule has 0 fully saturated rings. The third-order valence-corrected chi connectivity index (χ3v) is 6.18. The van der Waals surface area contributed by atoms with Crippen LogP contribution in [0.25, 0.3) is 22.0 Å². The van der Waals surface area contributed by atoms with Crippen LogP contribution in [-0.4, -0.2) is 29.4 Å². The van der Waals surface area contributed by atoms with Crippen LogP contribution in [0.2, 0.25) is 0 Å². The van der Waals surface area contributed by atoms with Crippen molar-refractivity contribution in [2.75, 3.05) is 14.2 Å². The van der Waals surface area contributed by atoms with E-state index in [0.717, 1.165) is 17.8 Å². The van der Waals surface area contributed by atoms with E-state index in [1.807, 2.05) is 5.38 Å². The largest absolute Gasteiger partial charge is 0.493 e. The number of hydrogen-bond donors (Lipinski definition) is 0. The topological polar surface area (TPSA) is 70.3 Å². The molecule has 4 aromatic rings. The molecule has 2 aromatic carbocycles. The maximum absolute atomic E-state index is 12.7. The van der Waals surface area contributed by atoms with Crippen molar-refractivity contribution in [3.63, 3.8) is 0 Å². The summed E-state index contributed by atoms with van der Waals surface area (Å²) in [6, 6.07) is 10.2. The van der Waals surface area contributed by atoms with E-state index in [-0.39, 0.29) is 0 Å². The normalized spacial score (nSPS) is 11.5. The fraction of sp³-hybridized carbons (Fsp3) is 0.190. The van der Waals surface area contributed by atoms with Gasteiger partial charge in [-0.05, 0) is 30.3 Å². The number of hydrogen-bond acceptors (Lipinski definition) is 8. The number of halogens is 3. The molecule has 0 unspecified atom stereocenters. The van der Waals surface area contributed by atoms with Gasteiger partial charge in [-0.2, -0.15) is 13.2 Å². The van der Waals surface area contributed by atoms with Crippen LogP contribution in [0.1, 0.15) is 11.3 Å². The predicted octanol–water partition coefficient (Wildman–Crippen LogP) is 6.19. The molecule has 0 N–H and O–H groups in total. The van der Waals surface area contributed by atoms with Crippen molar-refractivity contribution in [3.05, 3.63) is 59.1 Å². The van der Waals surface area contributed by atoms with E-state index in [1.54, 1.807) is 32.4 Å². The van der Waals surface area contributed by atoms with Crippen molar-refractivity contribution in [3.8, 4) is 33.5 Å². The standard InChI is InChI=1S/C21H16F3N3O3S2/c1-28-16-8-5-13(9-17(16)29-2)18-26-27-20(30-18)32-11-15-10-31-19(25-15)12-3-6-14(7-4-12)21(22,23)24/h3-10H,11H2,1-2H3. The Balaban J connectivity index is 1.41. The molecule has 0 saturated heterocycles. The first kappa shape index (κ1) is 22.2. The van der Waals surface area contributed by atoms with Crippen molar-refractivity contribution in [2.45, 2.75) is 17.2 Å². The first-order valence-corrected chi connectivity index (χ1v) is 11.0. The smallest absolute Gasteiger partial charge is 0.416 e. The summed E-state index contributed by atoms with van der Waals surface area (Å²) in [6.45, 7) is 0. The van der Waals surface area contributed by atoms with Gasteiger partial charge in [0.1, 0.15) is 5.01 Å². The maximum Gasteiger partial charge on any atom is 0.416 e. The molecule has 2 aromatic heterocycles. The lowest BCUT2D eigenvalue weighted by Gasteiger charge is -2.07. The SMILES string of the molecule is COc1ccc(-c2nnc(SCc3csc(-c4ccc(C(F)(F)F)cc4)n3)o2)cc1OC. The lowest BCUT2D eigenvalue weighted by molar-refractivity contribution is -0.137. The van der Waals surface area contributed by atoms with Crippen molar-refractivity contribution < 1.29 is 27.1 Å². The fourth-order valence-corrected chi connectivity index (χ4v) is 4.38. The number of benzene rings is 2. The van der Waals surface area contributed by atoms with E-state index >= 15 is 0 Å². The molecule has 0 aliphatic carbocycles. The highest BCUT2D eigenvalue weighted by Gasteiger charge is 2.30. The van der Waals surface area contributed by atoms with Crippen LogP contribution in [0, 0.1) is 0 Å². The highest BCUT2D eigenvalue weighted by molar-refractivity contribution is 7.98. The highest BCUT2D eigenvalue weighted by atomic mass is 32.2. The van der Waals surface area contributed by atoms with Gasteiger partial charge in [0.2, 0.25) is 5.89 Å². The summed E-state index contributed by atoms with van der Waals surface area (Å²) in [5.41, 5.74) is 1.41. The molecular formula is C21H16F3N3O3S2. The number of aromatic nitrogens is 3. The third kappa shape index (κ3) is 4.89. The van der Waals surface area contributed by atoms with Crippen LogP contribution >= 0.6 is 23.1 Å². The van der Waals surface area contributed by atoms with E-state index in [2.05, 4.69) is 15.2 Å². The molecule has 0 bridgehead atoms. The molecule has 0 spiro atoms. The predicted molar refractivity (Wildman–Crippen MR) is 115 cm³/mol. The van der Waals surface area contributed by atoms with Gasteiger partial charge in [0, 0.05) is 22.3 Å². The van der Waals surface area contributed by atoms with Gasteiger partial charge in [-0.3, -0.25) is 0 Å². The number of alkyl halides is 3. The van der Waals surface area contributed by atoms with E-state index < -0.39 is 11.7 Å². The number of ether oxygens (including phenoxy) is 2. The van der Waals surface area contributed by atoms with Crippen molar-refractivity contribution in [1.29, 1.82) is 0 Å². The summed E-state index contributed by atoms with van der Waals surface area (Å²) in [4.78, 5) is 4.49. The second-order valence-corrected chi connectivity index (χ2v) is 8.24. The summed E-state index contributed by atoms with van der Waals surface area (Å²) in [5, 5.41) is 11.0. The average molecular weight is 480 g/mol. The molecular weight excluding hydrogens is 463 g/mol. The lowest BCUT2D eigenvalue weighted by atomic mass is 10.1. The van der Waals surface area contributed by atoms with Crippen LogP contribution in [-0.2, 0) is 11.9 Å². The molecule has 0 amide bonds.